The summed E-state index contributed by atoms with van der Waals surface area (Å²) in [4.78, 5) is 12.9. The smallest absolute Gasteiger partial charge is 0.220 e. The van der Waals surface area contributed by atoms with E-state index in [-0.39, 0.29) is 18.9 Å². The number of allylic oxidation sites excluding steroid dienone is 1. The lowest BCUT2D eigenvalue weighted by Gasteiger charge is -2.46. The Morgan fingerprint density at radius 1 is 0.648 bits per heavy atom. The monoisotopic (exact) mass is 778 g/mol. The minimum Gasteiger partial charge on any atom is -0.394 e. The van der Waals surface area contributed by atoms with Crippen molar-refractivity contribution >= 4 is 5.91 Å². The Kier molecular flexibility index (Phi) is 26.3. The van der Waals surface area contributed by atoms with Gasteiger partial charge in [0.1, 0.15) is 48.8 Å². The van der Waals surface area contributed by atoms with Crippen molar-refractivity contribution in [2.45, 2.75) is 216 Å². The molecule has 0 aromatic rings. The molecule has 0 saturated carbocycles. The van der Waals surface area contributed by atoms with Gasteiger partial charge in [-0.3, -0.25) is 4.79 Å². The molecule has 9 N–H and O–H groups in total. The van der Waals surface area contributed by atoms with Gasteiger partial charge >= 0.3 is 0 Å². The number of rotatable bonds is 30. The van der Waals surface area contributed by atoms with E-state index in [1.807, 2.05) is 6.08 Å². The molecule has 1 amide bonds. The van der Waals surface area contributed by atoms with Gasteiger partial charge in [0.2, 0.25) is 5.91 Å². The number of amides is 1. The largest absolute Gasteiger partial charge is 0.394 e. The van der Waals surface area contributed by atoms with E-state index in [1.165, 1.54) is 77.0 Å². The Hall–Kier alpha value is -1.27. The predicted molar refractivity (Wildman–Crippen MR) is 203 cm³/mol. The van der Waals surface area contributed by atoms with Crippen LogP contribution in [0.2, 0.25) is 0 Å². The van der Waals surface area contributed by atoms with Crippen LogP contribution in [0.3, 0.4) is 0 Å². The zero-order chi connectivity index (χ0) is 39.7. The zero-order valence-electron chi connectivity index (χ0n) is 33.0. The molecule has 12 unspecified atom stereocenters. The average Bonchev–Trinajstić information content (AvgIpc) is 3.17. The Bertz CT molecular complexity index is 972. The van der Waals surface area contributed by atoms with Crippen LogP contribution in [0.1, 0.15) is 142 Å². The van der Waals surface area contributed by atoms with Gasteiger partial charge in [-0.25, -0.2) is 0 Å². The third-order valence-corrected chi connectivity index (χ3v) is 10.5. The van der Waals surface area contributed by atoms with E-state index in [4.69, 9.17) is 18.9 Å². The molecule has 54 heavy (non-hydrogen) atoms. The third-order valence-electron chi connectivity index (χ3n) is 10.5. The van der Waals surface area contributed by atoms with Gasteiger partial charge in [-0.15, -0.1) is 0 Å². The number of aliphatic hydroxyl groups excluding tert-OH is 8. The van der Waals surface area contributed by atoms with Crippen LogP contribution in [0, 0.1) is 0 Å². The second-order valence-electron chi connectivity index (χ2n) is 15.1. The highest BCUT2D eigenvalue weighted by atomic mass is 16.7. The Morgan fingerprint density at radius 3 is 1.69 bits per heavy atom. The third kappa shape index (κ3) is 17.9. The Labute approximate surface area is 323 Å². The molecule has 318 valence electrons. The molecular formula is C40H75NO13. The molecule has 2 rings (SSSR count). The molecule has 0 radical (unpaired) electrons. The van der Waals surface area contributed by atoms with Crippen molar-refractivity contribution in [3.8, 4) is 0 Å². The lowest BCUT2D eigenvalue weighted by molar-refractivity contribution is -0.359. The first-order chi connectivity index (χ1) is 26.1. The average molecular weight is 778 g/mol. The standard InChI is InChI=1S/C40H75NO13/c1-3-5-7-9-10-11-12-13-14-15-16-17-18-19-20-22-24-32(45)41-28(29(44)23-21-8-6-4-2)27-51-39-37(50)35(48)38(31(26-43)53-39)54-40-36(49)34(47)33(46)30(25-42)52-40/h21,23,28-31,33-40,42-44,46-50H,3-20,22,24-27H2,1-2H3,(H,41,45)/b23-21+. The van der Waals surface area contributed by atoms with E-state index >= 15 is 0 Å². The van der Waals surface area contributed by atoms with Gasteiger partial charge < -0.3 is 65.1 Å². The Balaban J connectivity index is 1.80. The molecule has 12 atom stereocenters. The van der Waals surface area contributed by atoms with E-state index in [2.05, 4.69) is 19.2 Å². The van der Waals surface area contributed by atoms with Crippen LogP contribution >= 0.6 is 0 Å². The number of hydrogen-bond donors (Lipinski definition) is 9. The molecule has 2 fully saturated rings. The summed E-state index contributed by atoms with van der Waals surface area (Å²) in [5, 5.41) is 85.7. The fourth-order valence-electron chi connectivity index (χ4n) is 6.92. The first-order valence-corrected chi connectivity index (χ1v) is 20.9. The maximum Gasteiger partial charge on any atom is 0.220 e. The number of unbranched alkanes of at least 4 members (excludes halogenated alkanes) is 17. The lowest BCUT2D eigenvalue weighted by atomic mass is 9.97. The normalized spacial score (nSPS) is 30.1. The summed E-state index contributed by atoms with van der Waals surface area (Å²) in [6, 6.07) is -0.903. The molecule has 0 spiro atoms. The molecule has 2 aliphatic heterocycles. The quantitative estimate of drug-likeness (QED) is 0.0378. The first-order valence-electron chi connectivity index (χ1n) is 20.9. The highest BCUT2D eigenvalue weighted by Gasteiger charge is 2.50. The SMILES string of the molecule is CCCC/C=C/C(O)C(COC1OC(CO)C(OC2OC(CO)C(O)C(O)C2O)C(O)C1O)NC(=O)CCCCCCCCCCCCCCCCCC. The van der Waals surface area contributed by atoms with E-state index < -0.39 is 86.8 Å². The van der Waals surface area contributed by atoms with Crippen LogP contribution in [-0.2, 0) is 23.7 Å². The zero-order valence-corrected chi connectivity index (χ0v) is 33.0. The van der Waals surface area contributed by atoms with Crippen molar-refractivity contribution in [3.63, 3.8) is 0 Å². The van der Waals surface area contributed by atoms with Gasteiger partial charge in [0.25, 0.3) is 0 Å². The van der Waals surface area contributed by atoms with Gasteiger partial charge in [-0.05, 0) is 12.8 Å². The van der Waals surface area contributed by atoms with E-state index in [0.29, 0.717) is 6.42 Å². The van der Waals surface area contributed by atoms with E-state index in [0.717, 1.165) is 38.5 Å². The van der Waals surface area contributed by atoms with Crippen molar-refractivity contribution in [3.05, 3.63) is 12.2 Å². The Morgan fingerprint density at radius 2 is 1.15 bits per heavy atom. The van der Waals surface area contributed by atoms with Crippen molar-refractivity contribution < 1.29 is 64.6 Å². The summed E-state index contributed by atoms with van der Waals surface area (Å²) < 4.78 is 22.4. The maximum absolute atomic E-state index is 12.9. The van der Waals surface area contributed by atoms with Crippen LogP contribution < -0.4 is 5.32 Å². The summed E-state index contributed by atoms with van der Waals surface area (Å²) in [7, 11) is 0. The first kappa shape index (κ1) is 48.9. The van der Waals surface area contributed by atoms with Gasteiger partial charge in [0.15, 0.2) is 12.6 Å². The van der Waals surface area contributed by atoms with Crippen LogP contribution in [0.15, 0.2) is 12.2 Å². The highest BCUT2D eigenvalue weighted by molar-refractivity contribution is 5.76. The summed E-state index contributed by atoms with van der Waals surface area (Å²) in [6.07, 6.45) is 9.18. The van der Waals surface area contributed by atoms with Gasteiger partial charge in [-0.1, -0.05) is 135 Å². The second-order valence-corrected chi connectivity index (χ2v) is 15.1. The fraction of sp³-hybridized carbons (Fsp3) is 0.925. The van der Waals surface area contributed by atoms with Crippen LogP contribution in [-0.4, -0.2) is 140 Å². The van der Waals surface area contributed by atoms with E-state index in [9.17, 15) is 45.6 Å². The van der Waals surface area contributed by atoms with Crippen molar-refractivity contribution in [1.82, 2.24) is 5.32 Å². The molecule has 0 aliphatic carbocycles. The van der Waals surface area contributed by atoms with Gasteiger partial charge in [0.05, 0.1) is 32.0 Å². The minimum atomic E-state index is -1.78. The van der Waals surface area contributed by atoms with E-state index in [1.54, 1.807) is 6.08 Å². The number of hydrogen-bond acceptors (Lipinski definition) is 13. The molecule has 0 bridgehead atoms. The van der Waals surface area contributed by atoms with Gasteiger partial charge in [0, 0.05) is 6.42 Å². The fourth-order valence-corrected chi connectivity index (χ4v) is 6.92. The summed E-state index contributed by atoms with van der Waals surface area (Å²) in [5.41, 5.74) is 0. The van der Waals surface area contributed by atoms with Crippen LogP contribution in [0.25, 0.3) is 0 Å². The molecular weight excluding hydrogens is 702 g/mol. The maximum atomic E-state index is 12.9. The summed E-state index contributed by atoms with van der Waals surface area (Å²) in [5.74, 6) is -0.249. The summed E-state index contributed by atoms with van der Waals surface area (Å²) in [6.45, 7) is 2.60. The number of nitrogens with one attached hydrogen (secondary N) is 1. The molecule has 2 heterocycles. The van der Waals surface area contributed by atoms with Crippen LogP contribution in [0.4, 0.5) is 0 Å². The van der Waals surface area contributed by atoms with Crippen molar-refractivity contribution in [2.75, 3.05) is 19.8 Å². The van der Waals surface area contributed by atoms with Crippen LogP contribution in [0.5, 0.6) is 0 Å². The molecule has 14 heteroatoms. The lowest BCUT2D eigenvalue weighted by Crippen LogP contribution is -2.65. The second kappa shape index (κ2) is 29.0. The molecule has 2 aliphatic rings. The summed E-state index contributed by atoms with van der Waals surface area (Å²) >= 11 is 0. The van der Waals surface area contributed by atoms with Gasteiger partial charge in [-0.2, -0.15) is 0 Å². The molecule has 0 aromatic heterocycles. The topological polar surface area (TPSA) is 228 Å². The van der Waals surface area contributed by atoms with Crippen molar-refractivity contribution in [2.24, 2.45) is 0 Å². The highest BCUT2D eigenvalue weighted by Crippen LogP contribution is 2.30. The predicted octanol–water partition coefficient (Wildman–Crippen LogP) is 2.87. The number of carbonyl (C=O) groups is 1. The van der Waals surface area contributed by atoms with Crippen molar-refractivity contribution in [1.29, 1.82) is 0 Å². The number of carbonyl (C=O) groups excluding carboxylic acids is 1. The number of ether oxygens (including phenoxy) is 4. The number of aliphatic hydroxyl groups is 8. The molecule has 14 nitrogen and oxygen atoms in total. The molecule has 0 aromatic carbocycles. The molecule has 2 saturated heterocycles. The minimum absolute atomic E-state index is 0.249.